The van der Waals surface area contributed by atoms with E-state index < -0.39 is 5.97 Å². The molecule has 1 N–H and O–H groups in total. The van der Waals surface area contributed by atoms with Crippen molar-refractivity contribution in [2.75, 3.05) is 6.61 Å². The lowest BCUT2D eigenvalue weighted by molar-refractivity contribution is 0.0485. The van der Waals surface area contributed by atoms with Gasteiger partial charge in [0.1, 0.15) is 5.82 Å². The summed E-state index contributed by atoms with van der Waals surface area (Å²) in [7, 11) is 0. The molecule has 0 aliphatic heterocycles. The number of ether oxygens (including phenoxy) is 1. The van der Waals surface area contributed by atoms with Crippen LogP contribution in [0.5, 0.6) is 0 Å². The molecule has 4 aromatic rings. The zero-order valence-corrected chi connectivity index (χ0v) is 22.2. The minimum absolute atomic E-state index is 0.204. The fraction of sp³-hybridized carbons (Fsp3) is 0.393. The highest BCUT2D eigenvalue weighted by molar-refractivity contribution is 6.32. The fourth-order valence-electron chi connectivity index (χ4n) is 4.30. The van der Waals surface area contributed by atoms with E-state index in [0.29, 0.717) is 24.7 Å². The number of rotatable bonds is 13. The Kier molecular flexibility index (Phi) is 9.43. The minimum Gasteiger partial charge on any atom is -0.461 e. The van der Waals surface area contributed by atoms with Crippen LogP contribution in [0.3, 0.4) is 0 Å². The highest BCUT2D eigenvalue weighted by atomic mass is 35.5. The van der Waals surface area contributed by atoms with E-state index in [1.165, 1.54) is 0 Å². The fourth-order valence-corrected chi connectivity index (χ4v) is 4.57. The Morgan fingerprint density at radius 3 is 2.43 bits per heavy atom. The van der Waals surface area contributed by atoms with Crippen LogP contribution in [0.1, 0.15) is 74.2 Å². The lowest BCUT2D eigenvalue weighted by Crippen LogP contribution is -2.16. The maximum Gasteiger partial charge on any atom is 0.358 e. The Hall–Kier alpha value is -3.52. The highest BCUT2D eigenvalue weighted by Crippen LogP contribution is 2.30. The number of benzene rings is 2. The van der Waals surface area contributed by atoms with Crippen LogP contribution in [0, 0.1) is 0 Å². The van der Waals surface area contributed by atoms with Crippen molar-refractivity contribution in [3.8, 4) is 22.5 Å². The number of nitrogens with zero attached hydrogens (tertiary/aromatic N) is 5. The van der Waals surface area contributed by atoms with E-state index in [0.717, 1.165) is 73.0 Å². The van der Waals surface area contributed by atoms with Crippen molar-refractivity contribution in [2.45, 2.75) is 65.3 Å². The maximum atomic E-state index is 13.0. The molecule has 194 valence electrons. The standard InChI is InChI=1S/C28H33ClN6O2/c1-3-5-7-10-18-37-28(36)25-26(29)30-24(13-6-4-2)35(25)19-20-14-16-21(17-15-20)22-11-8-9-12-23(22)27-31-33-34-32-27/h8-9,11-12,14-17H,3-7,10,13,18-19H2,1-2H3,(H,31,32,33,34). The average molecular weight is 521 g/mol. The number of esters is 1. The number of hydrogen-bond acceptors (Lipinski definition) is 6. The highest BCUT2D eigenvalue weighted by Gasteiger charge is 2.23. The van der Waals surface area contributed by atoms with Crippen molar-refractivity contribution in [1.82, 2.24) is 30.2 Å². The second kappa shape index (κ2) is 13.1. The van der Waals surface area contributed by atoms with Crippen molar-refractivity contribution < 1.29 is 9.53 Å². The number of H-pyrrole nitrogens is 1. The molecule has 2 heterocycles. The van der Waals surface area contributed by atoms with Gasteiger partial charge >= 0.3 is 5.97 Å². The number of nitrogens with one attached hydrogen (secondary N) is 1. The van der Waals surface area contributed by atoms with Gasteiger partial charge in [-0.25, -0.2) is 9.78 Å². The Morgan fingerprint density at radius 1 is 0.973 bits per heavy atom. The van der Waals surface area contributed by atoms with Crippen molar-refractivity contribution in [3.63, 3.8) is 0 Å². The number of aryl methyl sites for hydroxylation is 1. The van der Waals surface area contributed by atoms with Crippen molar-refractivity contribution in [2.24, 2.45) is 0 Å². The van der Waals surface area contributed by atoms with Crippen molar-refractivity contribution in [3.05, 3.63) is 70.8 Å². The smallest absolute Gasteiger partial charge is 0.358 e. The van der Waals surface area contributed by atoms with E-state index >= 15 is 0 Å². The summed E-state index contributed by atoms with van der Waals surface area (Å²) in [4.78, 5) is 17.5. The lowest BCUT2D eigenvalue weighted by atomic mass is 9.98. The predicted molar refractivity (Wildman–Crippen MR) is 144 cm³/mol. The number of imidazole rings is 1. The molecule has 0 fully saturated rings. The molecule has 37 heavy (non-hydrogen) atoms. The van der Waals surface area contributed by atoms with Gasteiger partial charge in [0.15, 0.2) is 10.8 Å². The summed E-state index contributed by atoms with van der Waals surface area (Å²) >= 11 is 6.47. The topological polar surface area (TPSA) is 98.6 Å². The van der Waals surface area contributed by atoms with Gasteiger partial charge in [0, 0.05) is 18.5 Å². The van der Waals surface area contributed by atoms with Crippen LogP contribution in [0.4, 0.5) is 0 Å². The third kappa shape index (κ3) is 6.63. The third-order valence-corrected chi connectivity index (χ3v) is 6.56. The first kappa shape index (κ1) is 26.5. The number of unbranched alkanes of at least 4 members (excludes halogenated alkanes) is 4. The molecule has 0 aliphatic carbocycles. The summed E-state index contributed by atoms with van der Waals surface area (Å²) < 4.78 is 7.48. The van der Waals surface area contributed by atoms with Crippen molar-refractivity contribution in [1.29, 1.82) is 0 Å². The minimum atomic E-state index is -0.414. The summed E-state index contributed by atoms with van der Waals surface area (Å²) in [6, 6.07) is 16.2. The number of aromatic amines is 1. The Balaban J connectivity index is 1.56. The van der Waals surface area contributed by atoms with Gasteiger partial charge < -0.3 is 9.30 Å². The SMILES string of the molecule is CCCCCCOC(=O)c1c(Cl)nc(CCCC)n1Cc1ccc(-c2ccccc2-c2nn[nH]n2)cc1. The summed E-state index contributed by atoms with van der Waals surface area (Å²) in [6.07, 6.45) is 6.89. The molecule has 0 amide bonds. The summed E-state index contributed by atoms with van der Waals surface area (Å²) in [5.41, 5.74) is 4.30. The van der Waals surface area contributed by atoms with Crippen LogP contribution in [0.15, 0.2) is 48.5 Å². The summed E-state index contributed by atoms with van der Waals surface area (Å²) in [5, 5.41) is 14.7. The molecule has 0 unspecified atom stereocenters. The third-order valence-electron chi connectivity index (χ3n) is 6.30. The van der Waals surface area contributed by atoms with Gasteiger partial charge in [0.2, 0.25) is 5.82 Å². The van der Waals surface area contributed by atoms with E-state index in [1.807, 2.05) is 28.8 Å². The molecule has 4 rings (SSSR count). The number of carbonyl (C=O) groups excluding carboxylic acids is 1. The van der Waals surface area contributed by atoms with Gasteiger partial charge in [0.05, 0.1) is 6.61 Å². The summed E-state index contributed by atoms with van der Waals surface area (Å²) in [5.74, 6) is 0.935. The number of tetrazole rings is 1. The second-order valence-corrected chi connectivity index (χ2v) is 9.39. The first-order valence-electron chi connectivity index (χ1n) is 13.0. The lowest BCUT2D eigenvalue weighted by Gasteiger charge is -2.13. The Labute approximate surface area is 222 Å². The molecule has 8 nitrogen and oxygen atoms in total. The molecule has 0 radical (unpaired) electrons. The van der Waals surface area contributed by atoms with Crippen LogP contribution >= 0.6 is 11.6 Å². The molecule has 0 saturated heterocycles. The van der Waals surface area contributed by atoms with E-state index in [2.05, 4.69) is 63.7 Å². The van der Waals surface area contributed by atoms with Crippen LogP contribution in [-0.4, -0.2) is 42.8 Å². The quantitative estimate of drug-likeness (QED) is 0.159. The van der Waals surface area contributed by atoms with E-state index in [-0.39, 0.29) is 5.15 Å². The maximum absolute atomic E-state index is 13.0. The van der Waals surface area contributed by atoms with Gasteiger partial charge in [-0.1, -0.05) is 99.7 Å². The monoisotopic (exact) mass is 520 g/mol. The van der Waals surface area contributed by atoms with Gasteiger partial charge in [-0.15, -0.1) is 10.2 Å². The molecular weight excluding hydrogens is 488 g/mol. The van der Waals surface area contributed by atoms with Crippen LogP contribution < -0.4 is 0 Å². The number of hydrogen-bond donors (Lipinski definition) is 1. The van der Waals surface area contributed by atoms with Crippen LogP contribution in [0.2, 0.25) is 5.15 Å². The molecule has 0 saturated carbocycles. The van der Waals surface area contributed by atoms with E-state index in [1.54, 1.807) is 0 Å². The van der Waals surface area contributed by atoms with Gasteiger partial charge in [0.25, 0.3) is 0 Å². The van der Waals surface area contributed by atoms with E-state index in [4.69, 9.17) is 16.3 Å². The number of aromatic nitrogens is 6. The van der Waals surface area contributed by atoms with Gasteiger partial charge in [-0.05, 0) is 34.7 Å². The molecule has 9 heteroatoms. The number of halogens is 1. The Morgan fingerprint density at radius 2 is 1.73 bits per heavy atom. The molecule has 2 aromatic carbocycles. The van der Waals surface area contributed by atoms with Gasteiger partial charge in [-0.3, -0.25) is 0 Å². The second-order valence-electron chi connectivity index (χ2n) is 9.03. The van der Waals surface area contributed by atoms with Crippen LogP contribution in [-0.2, 0) is 17.7 Å². The largest absolute Gasteiger partial charge is 0.461 e. The molecule has 0 atom stereocenters. The zero-order valence-electron chi connectivity index (χ0n) is 21.4. The predicted octanol–water partition coefficient (Wildman–Crippen LogP) is 6.51. The normalized spacial score (nSPS) is 11.1. The Bertz CT molecular complexity index is 1280. The first-order valence-corrected chi connectivity index (χ1v) is 13.3. The molecule has 0 spiro atoms. The molecule has 2 aromatic heterocycles. The number of carbonyl (C=O) groups is 1. The van der Waals surface area contributed by atoms with Crippen LogP contribution in [0.25, 0.3) is 22.5 Å². The van der Waals surface area contributed by atoms with Gasteiger partial charge in [-0.2, -0.15) is 5.21 Å². The zero-order chi connectivity index (χ0) is 26.0. The molecule has 0 aliphatic rings. The average Bonchev–Trinajstić information content (AvgIpc) is 3.56. The molecular formula is C28H33ClN6O2. The summed E-state index contributed by atoms with van der Waals surface area (Å²) in [6.45, 7) is 5.15. The molecule has 0 bridgehead atoms. The van der Waals surface area contributed by atoms with E-state index in [9.17, 15) is 4.79 Å². The van der Waals surface area contributed by atoms with Crippen molar-refractivity contribution >= 4 is 17.6 Å². The first-order chi connectivity index (χ1) is 18.1.